The molecule has 1 aromatic heterocycles. The Balaban J connectivity index is 2.82. The van der Waals surface area contributed by atoms with Crippen LogP contribution in [0.4, 0.5) is 0 Å². The minimum absolute atomic E-state index is 0.224. The van der Waals surface area contributed by atoms with Crippen LogP contribution < -0.4 is 5.56 Å². The maximum atomic E-state index is 12.4. The highest BCUT2D eigenvalue weighted by atomic mass is 79.9. The Bertz CT molecular complexity index is 696. The maximum absolute atomic E-state index is 12.4. The zero-order chi connectivity index (χ0) is 14.7. The number of esters is 1. The summed E-state index contributed by atoms with van der Waals surface area (Å²) in [7, 11) is 1.31. The zero-order valence-electron chi connectivity index (χ0n) is 10.6. The lowest BCUT2D eigenvalue weighted by molar-refractivity contribution is 0.0598. The van der Waals surface area contributed by atoms with Gasteiger partial charge in [-0.1, -0.05) is 34.1 Å². The van der Waals surface area contributed by atoms with Crippen molar-refractivity contribution in [3.05, 3.63) is 62.5 Å². The first-order chi connectivity index (χ1) is 9.60. The highest BCUT2D eigenvalue weighted by Crippen LogP contribution is 2.20. The summed E-state index contributed by atoms with van der Waals surface area (Å²) in [6.07, 6.45) is 0. The molecular weight excluding hydrogens is 390 g/mol. The number of nitrogens with zero attached hydrogens (tertiary/aromatic N) is 1. The molecule has 0 unspecified atom stereocenters. The molecule has 104 valence electrons. The van der Waals surface area contributed by atoms with Crippen molar-refractivity contribution in [2.45, 2.75) is 5.33 Å². The van der Waals surface area contributed by atoms with E-state index >= 15 is 0 Å². The summed E-state index contributed by atoms with van der Waals surface area (Å²) in [5, 5.41) is 0.356. The molecule has 0 atom stereocenters. The van der Waals surface area contributed by atoms with Crippen LogP contribution in [0.2, 0.25) is 0 Å². The van der Waals surface area contributed by atoms with Crippen LogP contribution in [0.5, 0.6) is 0 Å². The van der Waals surface area contributed by atoms with E-state index in [0.717, 1.165) is 0 Å². The van der Waals surface area contributed by atoms with Crippen LogP contribution in [0.15, 0.2) is 45.7 Å². The molecule has 2 aromatic rings. The van der Waals surface area contributed by atoms with Crippen molar-refractivity contribution in [2.24, 2.45) is 0 Å². The van der Waals surface area contributed by atoms with Gasteiger partial charge in [-0.3, -0.25) is 9.36 Å². The van der Waals surface area contributed by atoms with E-state index in [2.05, 4.69) is 31.9 Å². The van der Waals surface area contributed by atoms with Gasteiger partial charge in [-0.2, -0.15) is 0 Å². The van der Waals surface area contributed by atoms with E-state index in [4.69, 9.17) is 4.74 Å². The van der Waals surface area contributed by atoms with Gasteiger partial charge in [0.05, 0.1) is 22.8 Å². The van der Waals surface area contributed by atoms with Gasteiger partial charge in [-0.25, -0.2) is 4.79 Å². The second-order valence-corrected chi connectivity index (χ2v) is 5.37. The van der Waals surface area contributed by atoms with Crippen LogP contribution >= 0.6 is 31.9 Å². The predicted octanol–water partition coefficient (Wildman–Crippen LogP) is 3.28. The molecule has 0 N–H and O–H groups in total. The highest BCUT2D eigenvalue weighted by molar-refractivity contribution is 9.10. The van der Waals surface area contributed by atoms with Crippen LogP contribution in [0.1, 0.15) is 16.1 Å². The van der Waals surface area contributed by atoms with Gasteiger partial charge in [0.1, 0.15) is 0 Å². The van der Waals surface area contributed by atoms with E-state index in [1.54, 1.807) is 12.1 Å². The third-order valence-electron chi connectivity index (χ3n) is 2.81. The molecule has 0 aliphatic carbocycles. The second kappa shape index (κ2) is 6.37. The summed E-state index contributed by atoms with van der Waals surface area (Å²) in [6, 6.07) is 10.6. The van der Waals surface area contributed by atoms with Crippen LogP contribution in [0.3, 0.4) is 0 Å². The van der Waals surface area contributed by atoms with Crippen LogP contribution in [-0.2, 0) is 10.1 Å². The first-order valence-corrected chi connectivity index (χ1v) is 7.65. The number of para-hydroxylation sites is 1. The molecule has 1 aromatic carbocycles. The molecule has 4 nitrogen and oxygen atoms in total. The van der Waals surface area contributed by atoms with E-state index in [0.29, 0.717) is 26.7 Å². The highest BCUT2D eigenvalue weighted by Gasteiger charge is 2.19. The third-order valence-corrected chi connectivity index (χ3v) is 3.90. The second-order valence-electron chi connectivity index (χ2n) is 3.95. The molecule has 6 heteroatoms. The SMILES string of the molecule is COC(=O)c1cc(Br)c(=O)n(-c2ccccc2)c1CBr. The average Bonchev–Trinajstić information content (AvgIpc) is 2.49. The number of halogens is 2. The first kappa shape index (κ1) is 15.0. The number of alkyl halides is 1. The minimum atomic E-state index is -0.482. The lowest BCUT2D eigenvalue weighted by atomic mass is 10.2. The Morgan fingerprint density at radius 2 is 1.95 bits per heavy atom. The Kier molecular flexibility index (Phi) is 4.77. The van der Waals surface area contributed by atoms with Crippen molar-refractivity contribution >= 4 is 37.8 Å². The van der Waals surface area contributed by atoms with Crippen molar-refractivity contribution in [2.75, 3.05) is 7.11 Å². The Morgan fingerprint density at radius 3 is 2.50 bits per heavy atom. The van der Waals surface area contributed by atoms with E-state index in [9.17, 15) is 9.59 Å². The van der Waals surface area contributed by atoms with Gasteiger partial charge in [0.15, 0.2) is 0 Å². The largest absolute Gasteiger partial charge is 0.465 e. The molecule has 0 aliphatic heterocycles. The van der Waals surface area contributed by atoms with Crippen LogP contribution in [-0.4, -0.2) is 17.6 Å². The Labute approximate surface area is 132 Å². The van der Waals surface area contributed by atoms with Crippen molar-refractivity contribution in [1.29, 1.82) is 0 Å². The maximum Gasteiger partial charge on any atom is 0.339 e. The summed E-state index contributed by atoms with van der Waals surface area (Å²) in [4.78, 5) is 24.2. The van der Waals surface area contributed by atoms with Crippen molar-refractivity contribution < 1.29 is 9.53 Å². The lowest BCUT2D eigenvalue weighted by Crippen LogP contribution is -2.25. The topological polar surface area (TPSA) is 48.3 Å². The molecular formula is C14H11Br2NO3. The van der Waals surface area contributed by atoms with Crippen molar-refractivity contribution in [3.8, 4) is 5.69 Å². The first-order valence-electron chi connectivity index (χ1n) is 5.74. The van der Waals surface area contributed by atoms with Crippen molar-refractivity contribution in [1.82, 2.24) is 4.57 Å². The summed E-state index contributed by atoms with van der Waals surface area (Å²) in [5.41, 5.74) is 1.37. The summed E-state index contributed by atoms with van der Waals surface area (Å²) in [5.74, 6) is -0.482. The number of methoxy groups -OCH3 is 1. The Morgan fingerprint density at radius 1 is 1.30 bits per heavy atom. The number of rotatable bonds is 3. The smallest absolute Gasteiger partial charge is 0.339 e. The van der Waals surface area contributed by atoms with Gasteiger partial charge in [-0.15, -0.1) is 0 Å². The predicted molar refractivity (Wildman–Crippen MR) is 83.7 cm³/mol. The quantitative estimate of drug-likeness (QED) is 0.586. The number of aromatic nitrogens is 1. The molecule has 0 bridgehead atoms. The van der Waals surface area contributed by atoms with Crippen molar-refractivity contribution in [3.63, 3.8) is 0 Å². The normalized spacial score (nSPS) is 10.3. The number of hydrogen-bond donors (Lipinski definition) is 0. The molecule has 2 rings (SSSR count). The van der Waals surface area contributed by atoms with Gasteiger partial charge in [0.25, 0.3) is 5.56 Å². The fourth-order valence-electron chi connectivity index (χ4n) is 1.89. The average molecular weight is 401 g/mol. The number of carbonyl (C=O) groups is 1. The monoisotopic (exact) mass is 399 g/mol. The molecule has 0 aliphatic rings. The molecule has 0 fully saturated rings. The summed E-state index contributed by atoms with van der Waals surface area (Å²) < 4.78 is 6.57. The van der Waals surface area contributed by atoms with E-state index in [1.807, 2.05) is 18.2 Å². The molecule has 0 saturated carbocycles. The molecule has 20 heavy (non-hydrogen) atoms. The van der Waals surface area contributed by atoms with Crippen LogP contribution in [0, 0.1) is 0 Å². The molecule has 0 saturated heterocycles. The number of pyridine rings is 1. The third kappa shape index (κ3) is 2.71. The van der Waals surface area contributed by atoms with Gasteiger partial charge in [0, 0.05) is 11.0 Å². The number of hydrogen-bond acceptors (Lipinski definition) is 3. The fourth-order valence-corrected chi connectivity index (χ4v) is 2.85. The van der Waals surface area contributed by atoms with Gasteiger partial charge < -0.3 is 4.74 Å². The number of benzene rings is 1. The molecule has 0 radical (unpaired) electrons. The minimum Gasteiger partial charge on any atom is -0.465 e. The molecule has 0 spiro atoms. The van der Waals surface area contributed by atoms with Crippen LogP contribution in [0.25, 0.3) is 5.69 Å². The Hall–Kier alpha value is -1.40. The number of ether oxygens (including phenoxy) is 1. The fraction of sp³-hybridized carbons (Fsp3) is 0.143. The summed E-state index contributed by atoms with van der Waals surface area (Å²) >= 11 is 6.53. The standard InChI is InChI=1S/C14H11Br2NO3/c1-20-14(19)10-7-11(16)13(18)17(12(10)8-15)9-5-3-2-4-6-9/h2-7H,8H2,1H3. The zero-order valence-corrected chi connectivity index (χ0v) is 13.8. The van der Waals surface area contributed by atoms with Gasteiger partial charge >= 0.3 is 5.97 Å². The lowest BCUT2D eigenvalue weighted by Gasteiger charge is -2.15. The van der Waals surface area contributed by atoms with Gasteiger partial charge in [0.2, 0.25) is 0 Å². The number of carbonyl (C=O) groups excluding carboxylic acids is 1. The van der Waals surface area contributed by atoms with E-state index in [1.165, 1.54) is 17.7 Å². The summed E-state index contributed by atoms with van der Waals surface area (Å²) in [6.45, 7) is 0. The van der Waals surface area contributed by atoms with Gasteiger partial charge in [-0.05, 0) is 34.1 Å². The van der Waals surface area contributed by atoms with E-state index in [-0.39, 0.29) is 5.56 Å². The van der Waals surface area contributed by atoms with E-state index < -0.39 is 5.97 Å². The molecule has 1 heterocycles. The molecule has 0 amide bonds.